The van der Waals surface area contributed by atoms with Crippen LogP contribution in [0.4, 0.5) is 5.95 Å². The number of fused-ring (bicyclic) bond motifs is 5. The number of thiazole rings is 1. The second-order valence-corrected chi connectivity index (χ2v) is 10.7. The molecule has 0 spiro atoms. The monoisotopic (exact) mass is 535 g/mol. The molecule has 4 aromatic rings. The van der Waals surface area contributed by atoms with Gasteiger partial charge in [-0.25, -0.2) is 4.98 Å². The fourth-order valence-electron chi connectivity index (χ4n) is 5.23. The molecule has 1 atom stereocenters. The van der Waals surface area contributed by atoms with Crippen molar-refractivity contribution < 1.29 is 14.3 Å². The Bertz CT molecular complexity index is 1590. The third-order valence-corrected chi connectivity index (χ3v) is 8.24. The second kappa shape index (κ2) is 10.3. The zero-order chi connectivity index (χ0) is 26.2. The van der Waals surface area contributed by atoms with Crippen molar-refractivity contribution in [3.8, 4) is 0 Å². The Labute approximate surface area is 222 Å². The first-order valence-electron chi connectivity index (χ1n) is 12.8. The van der Waals surface area contributed by atoms with E-state index in [2.05, 4.69) is 20.5 Å². The maximum absolute atomic E-state index is 13.7. The Kier molecular flexibility index (Phi) is 6.68. The summed E-state index contributed by atoms with van der Waals surface area (Å²) in [6, 6.07) is 7.84. The van der Waals surface area contributed by atoms with E-state index in [9.17, 15) is 14.4 Å². The molecule has 3 aromatic heterocycles. The maximum Gasteiger partial charge on any atom is 0.258 e. The zero-order valence-corrected chi connectivity index (χ0v) is 21.9. The highest BCUT2D eigenvalue weighted by Crippen LogP contribution is 2.31. The Morgan fingerprint density at radius 2 is 2.00 bits per heavy atom. The quantitative estimate of drug-likeness (QED) is 0.378. The van der Waals surface area contributed by atoms with E-state index in [1.165, 1.54) is 24.5 Å². The normalized spacial score (nSPS) is 18.4. The van der Waals surface area contributed by atoms with Gasteiger partial charge in [-0.15, -0.1) is 11.3 Å². The molecule has 0 saturated carbocycles. The van der Waals surface area contributed by atoms with Gasteiger partial charge in [-0.05, 0) is 18.6 Å². The molecular formula is C26H29N7O4S. The van der Waals surface area contributed by atoms with Crippen LogP contribution in [0.15, 0.2) is 35.3 Å². The number of carbonyl (C=O) groups excluding carboxylic acids is 2. The molecule has 0 radical (unpaired) electrons. The average molecular weight is 536 g/mol. The molecule has 2 fully saturated rings. The van der Waals surface area contributed by atoms with Crippen LogP contribution in [0.25, 0.3) is 26.1 Å². The number of para-hydroxylation sites is 1. The summed E-state index contributed by atoms with van der Waals surface area (Å²) in [5.41, 5.74) is 1.09. The second-order valence-electron chi connectivity index (χ2n) is 9.66. The molecule has 0 aliphatic carbocycles. The molecule has 2 N–H and O–H groups in total. The van der Waals surface area contributed by atoms with Crippen LogP contribution in [-0.4, -0.2) is 89.6 Å². The number of amides is 2. The van der Waals surface area contributed by atoms with E-state index in [4.69, 9.17) is 9.72 Å². The Hall–Kier alpha value is -3.61. The van der Waals surface area contributed by atoms with Crippen molar-refractivity contribution in [3.05, 3.63) is 46.2 Å². The van der Waals surface area contributed by atoms with E-state index in [1.807, 2.05) is 33.6 Å². The molecule has 11 nitrogen and oxygen atoms in total. The summed E-state index contributed by atoms with van der Waals surface area (Å²) in [6.07, 6.45) is 2.32. The summed E-state index contributed by atoms with van der Waals surface area (Å²) in [7, 11) is 0. The predicted octanol–water partition coefficient (Wildman–Crippen LogP) is 1.23. The third-order valence-electron chi connectivity index (χ3n) is 7.09. The van der Waals surface area contributed by atoms with Gasteiger partial charge >= 0.3 is 0 Å². The summed E-state index contributed by atoms with van der Waals surface area (Å²) in [4.78, 5) is 52.7. The summed E-state index contributed by atoms with van der Waals surface area (Å²) in [6.45, 7) is 6.98. The molecule has 0 bridgehead atoms. The largest absolute Gasteiger partial charge is 0.379 e. The Morgan fingerprint density at radius 1 is 1.18 bits per heavy atom. The minimum atomic E-state index is -0.393. The van der Waals surface area contributed by atoms with Gasteiger partial charge in [-0.1, -0.05) is 12.1 Å². The molecule has 6 rings (SSSR count). The first kappa shape index (κ1) is 24.7. The summed E-state index contributed by atoms with van der Waals surface area (Å²) >= 11 is 1.41. The summed E-state index contributed by atoms with van der Waals surface area (Å²) in [5, 5.41) is 6.20. The number of nitrogens with zero attached hydrogens (tertiary/aromatic N) is 5. The average Bonchev–Trinajstić information content (AvgIpc) is 3.53. The van der Waals surface area contributed by atoms with Gasteiger partial charge in [-0.2, -0.15) is 4.98 Å². The van der Waals surface area contributed by atoms with Crippen LogP contribution < -0.4 is 21.0 Å². The molecule has 12 heteroatoms. The molecular weight excluding hydrogens is 506 g/mol. The van der Waals surface area contributed by atoms with Gasteiger partial charge < -0.3 is 20.3 Å². The van der Waals surface area contributed by atoms with Crippen LogP contribution >= 0.6 is 11.3 Å². The molecule has 1 aromatic carbocycles. The van der Waals surface area contributed by atoms with Crippen molar-refractivity contribution in [3.63, 3.8) is 0 Å². The fourth-order valence-corrected chi connectivity index (χ4v) is 6.41. The van der Waals surface area contributed by atoms with E-state index in [-0.39, 0.29) is 22.9 Å². The van der Waals surface area contributed by atoms with Crippen LogP contribution in [0, 0.1) is 0 Å². The lowest BCUT2D eigenvalue weighted by atomic mass is 10.2. The van der Waals surface area contributed by atoms with Crippen LogP contribution in [0.2, 0.25) is 0 Å². The molecule has 1 unspecified atom stereocenters. The van der Waals surface area contributed by atoms with Crippen LogP contribution in [-0.2, 0) is 9.53 Å². The standard InChI is InChI=1S/C26H29N7O4S/c1-16(34)29-17-6-8-32(15-17)26-28-14-18-22(35)21(24(36)27-7-9-31-10-12-37-13-11-31)25-33(23(18)30-26)19-4-2-3-5-20(19)38-25/h2-5,14,17H,6-13,15H2,1H3,(H,27,36)(H,29,34). The van der Waals surface area contributed by atoms with Crippen LogP contribution in [0.3, 0.4) is 0 Å². The number of morpholine rings is 1. The van der Waals surface area contributed by atoms with Crippen LogP contribution in [0.5, 0.6) is 0 Å². The lowest BCUT2D eigenvalue weighted by Crippen LogP contribution is -2.42. The van der Waals surface area contributed by atoms with E-state index in [1.54, 1.807) is 0 Å². The Morgan fingerprint density at radius 3 is 2.82 bits per heavy atom. The first-order valence-corrected chi connectivity index (χ1v) is 13.6. The number of benzene rings is 1. The van der Waals surface area contributed by atoms with Gasteiger partial charge in [-0.3, -0.25) is 23.7 Å². The first-order chi connectivity index (χ1) is 18.5. The van der Waals surface area contributed by atoms with Gasteiger partial charge in [0.05, 0.1) is 28.8 Å². The third kappa shape index (κ3) is 4.59. The van der Waals surface area contributed by atoms with Gasteiger partial charge in [0.25, 0.3) is 5.91 Å². The maximum atomic E-state index is 13.7. The van der Waals surface area contributed by atoms with E-state index >= 15 is 0 Å². The molecule has 2 saturated heterocycles. The number of nitrogens with one attached hydrogen (secondary N) is 2. The zero-order valence-electron chi connectivity index (χ0n) is 21.1. The number of pyridine rings is 1. The van der Waals surface area contributed by atoms with Crippen molar-refractivity contribution in [1.82, 2.24) is 29.9 Å². The number of hydrogen-bond donors (Lipinski definition) is 2. The molecule has 2 amide bonds. The van der Waals surface area contributed by atoms with Crippen molar-refractivity contribution in [2.45, 2.75) is 19.4 Å². The fraction of sp³-hybridized carbons (Fsp3) is 0.423. The smallest absolute Gasteiger partial charge is 0.258 e. The number of rotatable bonds is 6. The SMILES string of the molecule is CC(=O)NC1CCN(c2ncc3c(=O)c(C(=O)NCCN4CCOCC4)c4sc5ccccc5n4c3n2)C1. The number of anilines is 1. The minimum absolute atomic E-state index is 0.0278. The van der Waals surface area contributed by atoms with Gasteiger partial charge in [0, 0.05) is 58.4 Å². The lowest BCUT2D eigenvalue weighted by molar-refractivity contribution is -0.119. The predicted molar refractivity (Wildman–Crippen MR) is 146 cm³/mol. The molecule has 5 heterocycles. The molecule has 38 heavy (non-hydrogen) atoms. The van der Waals surface area contributed by atoms with Crippen LogP contribution in [0.1, 0.15) is 23.7 Å². The molecule has 198 valence electrons. The molecule has 2 aliphatic heterocycles. The highest BCUT2D eigenvalue weighted by molar-refractivity contribution is 7.24. The topological polar surface area (TPSA) is 121 Å². The van der Waals surface area contributed by atoms with Crippen molar-refractivity contribution in [2.75, 3.05) is 57.4 Å². The van der Waals surface area contributed by atoms with E-state index in [0.717, 1.165) is 29.7 Å². The number of hydrogen-bond acceptors (Lipinski definition) is 9. The highest BCUT2D eigenvalue weighted by Gasteiger charge is 2.27. The summed E-state index contributed by atoms with van der Waals surface area (Å²) < 4.78 is 8.24. The number of ether oxygens (including phenoxy) is 1. The number of carbonyl (C=O) groups is 2. The van der Waals surface area contributed by atoms with Gasteiger partial charge in [0.15, 0.2) is 5.65 Å². The lowest BCUT2D eigenvalue weighted by Gasteiger charge is -2.26. The van der Waals surface area contributed by atoms with Crippen molar-refractivity contribution >= 4 is 55.2 Å². The van der Waals surface area contributed by atoms with E-state index in [0.29, 0.717) is 61.2 Å². The van der Waals surface area contributed by atoms with E-state index < -0.39 is 5.91 Å². The Balaban J connectivity index is 1.39. The van der Waals surface area contributed by atoms with Gasteiger partial charge in [0.1, 0.15) is 10.4 Å². The van der Waals surface area contributed by atoms with Gasteiger partial charge in [0.2, 0.25) is 17.3 Å². The highest BCUT2D eigenvalue weighted by atomic mass is 32.1. The van der Waals surface area contributed by atoms with Crippen molar-refractivity contribution in [1.29, 1.82) is 0 Å². The number of aromatic nitrogens is 3. The summed E-state index contributed by atoms with van der Waals surface area (Å²) in [5.74, 6) is 0.0394. The molecule has 2 aliphatic rings. The minimum Gasteiger partial charge on any atom is -0.379 e. The van der Waals surface area contributed by atoms with Crippen molar-refractivity contribution in [2.24, 2.45) is 0 Å².